The van der Waals surface area contributed by atoms with Crippen molar-refractivity contribution in [3.63, 3.8) is 0 Å². The molecule has 0 aliphatic carbocycles. The number of piperidine rings is 1. The molecule has 1 aromatic rings. The van der Waals surface area contributed by atoms with Gasteiger partial charge >= 0.3 is 0 Å². The van der Waals surface area contributed by atoms with Gasteiger partial charge in [-0.15, -0.1) is 12.4 Å². The highest BCUT2D eigenvalue weighted by Gasteiger charge is 2.25. The number of carbonyl (C=O) groups is 1. The lowest BCUT2D eigenvalue weighted by molar-refractivity contribution is -0.135. The first-order chi connectivity index (χ1) is 10.2. The molecule has 1 amide bonds. The van der Waals surface area contributed by atoms with Crippen molar-refractivity contribution < 1.29 is 9.53 Å². The third-order valence-electron chi connectivity index (χ3n) is 4.02. The Hall–Kier alpha value is -1.26. The third-order valence-corrected chi connectivity index (χ3v) is 4.02. The number of rotatable bonds is 6. The second-order valence-electron chi connectivity index (χ2n) is 5.73. The van der Waals surface area contributed by atoms with Crippen molar-refractivity contribution >= 4 is 18.3 Å². The van der Waals surface area contributed by atoms with Gasteiger partial charge in [-0.2, -0.15) is 0 Å². The standard InChI is InChI=1S/C17H26N2O2.ClH/c1-14-5-4-7-16(13-14)21-12-9-17(20)19-11-3-2-6-15(19)8-10-18;/h4-5,7,13,15H,2-3,6,8-12,18H2,1H3;1H. The van der Waals surface area contributed by atoms with Gasteiger partial charge in [-0.3, -0.25) is 4.79 Å². The Balaban J connectivity index is 0.00000242. The molecule has 1 unspecified atom stereocenters. The average molecular weight is 327 g/mol. The van der Waals surface area contributed by atoms with Crippen LogP contribution in [0.4, 0.5) is 0 Å². The van der Waals surface area contributed by atoms with Crippen LogP contribution in [-0.2, 0) is 4.79 Å². The number of ether oxygens (including phenoxy) is 1. The molecule has 5 heteroatoms. The van der Waals surface area contributed by atoms with Crippen LogP contribution in [-0.4, -0.2) is 36.5 Å². The SMILES string of the molecule is Cc1cccc(OCCC(=O)N2CCCCC2CCN)c1.Cl. The molecule has 0 aromatic heterocycles. The van der Waals surface area contributed by atoms with Crippen LogP contribution in [0, 0.1) is 6.92 Å². The van der Waals surface area contributed by atoms with Gasteiger partial charge in [-0.1, -0.05) is 12.1 Å². The maximum atomic E-state index is 12.3. The zero-order chi connectivity index (χ0) is 15.1. The molecule has 1 aliphatic heterocycles. The Kier molecular flexibility index (Phi) is 8.28. The number of nitrogens with two attached hydrogens (primary N) is 1. The zero-order valence-corrected chi connectivity index (χ0v) is 14.1. The molecule has 2 N–H and O–H groups in total. The highest BCUT2D eigenvalue weighted by molar-refractivity contribution is 5.85. The number of halogens is 1. The molecule has 1 fully saturated rings. The lowest BCUT2D eigenvalue weighted by Gasteiger charge is -2.35. The van der Waals surface area contributed by atoms with Crippen LogP contribution in [0.2, 0.25) is 0 Å². The van der Waals surface area contributed by atoms with Crippen molar-refractivity contribution in [1.29, 1.82) is 0 Å². The van der Waals surface area contributed by atoms with E-state index in [1.807, 2.05) is 36.1 Å². The van der Waals surface area contributed by atoms with Gasteiger partial charge in [0.1, 0.15) is 5.75 Å². The number of amides is 1. The number of hydrogen-bond donors (Lipinski definition) is 1. The van der Waals surface area contributed by atoms with Gasteiger partial charge in [0.2, 0.25) is 5.91 Å². The average Bonchev–Trinajstić information content (AvgIpc) is 2.48. The van der Waals surface area contributed by atoms with Gasteiger partial charge in [-0.05, 0) is 56.8 Å². The Morgan fingerprint density at radius 1 is 1.41 bits per heavy atom. The predicted octanol–water partition coefficient (Wildman–Crippen LogP) is 2.92. The second-order valence-corrected chi connectivity index (χ2v) is 5.73. The number of aryl methyl sites for hydroxylation is 1. The minimum absolute atomic E-state index is 0. The van der Waals surface area contributed by atoms with Gasteiger partial charge in [0, 0.05) is 12.6 Å². The highest BCUT2D eigenvalue weighted by Crippen LogP contribution is 2.20. The monoisotopic (exact) mass is 326 g/mol. The molecule has 1 atom stereocenters. The van der Waals surface area contributed by atoms with Gasteiger partial charge < -0.3 is 15.4 Å². The summed E-state index contributed by atoms with van der Waals surface area (Å²) in [5.41, 5.74) is 6.81. The number of likely N-dealkylation sites (tertiary alicyclic amines) is 1. The lowest BCUT2D eigenvalue weighted by atomic mass is 9.99. The maximum absolute atomic E-state index is 12.3. The molecule has 0 radical (unpaired) electrons. The van der Waals surface area contributed by atoms with Gasteiger partial charge in [0.15, 0.2) is 0 Å². The molecular formula is C17H27ClN2O2. The van der Waals surface area contributed by atoms with E-state index in [0.717, 1.165) is 37.1 Å². The molecule has 1 saturated heterocycles. The number of carbonyl (C=O) groups excluding carboxylic acids is 1. The van der Waals surface area contributed by atoms with Gasteiger partial charge in [0.25, 0.3) is 0 Å². The zero-order valence-electron chi connectivity index (χ0n) is 13.3. The number of nitrogens with zero attached hydrogens (tertiary/aromatic N) is 1. The summed E-state index contributed by atoms with van der Waals surface area (Å²) in [7, 11) is 0. The largest absolute Gasteiger partial charge is 0.493 e. The fourth-order valence-corrected chi connectivity index (χ4v) is 2.93. The molecule has 0 bridgehead atoms. The normalized spacial score (nSPS) is 17.7. The van der Waals surface area contributed by atoms with E-state index in [-0.39, 0.29) is 18.3 Å². The second kappa shape index (κ2) is 9.70. The van der Waals surface area contributed by atoms with Crippen molar-refractivity contribution in [2.75, 3.05) is 19.7 Å². The Morgan fingerprint density at radius 2 is 2.23 bits per heavy atom. The molecule has 1 aromatic carbocycles. The minimum Gasteiger partial charge on any atom is -0.493 e. The van der Waals surface area contributed by atoms with E-state index in [1.54, 1.807) is 0 Å². The van der Waals surface area contributed by atoms with Crippen LogP contribution in [0.1, 0.15) is 37.7 Å². The molecule has 1 heterocycles. The number of benzene rings is 1. The van der Waals surface area contributed by atoms with Crippen LogP contribution in [0.5, 0.6) is 5.75 Å². The summed E-state index contributed by atoms with van der Waals surface area (Å²) in [4.78, 5) is 14.4. The summed E-state index contributed by atoms with van der Waals surface area (Å²) >= 11 is 0. The van der Waals surface area contributed by atoms with Crippen LogP contribution in [0.3, 0.4) is 0 Å². The lowest BCUT2D eigenvalue weighted by Crippen LogP contribution is -2.45. The summed E-state index contributed by atoms with van der Waals surface area (Å²) < 4.78 is 5.67. The summed E-state index contributed by atoms with van der Waals surface area (Å²) in [6, 6.07) is 8.24. The van der Waals surface area contributed by atoms with Crippen LogP contribution in [0.25, 0.3) is 0 Å². The highest BCUT2D eigenvalue weighted by atomic mass is 35.5. The summed E-state index contributed by atoms with van der Waals surface area (Å²) in [5.74, 6) is 1.03. The first-order valence-electron chi connectivity index (χ1n) is 7.89. The molecule has 4 nitrogen and oxygen atoms in total. The van der Waals surface area contributed by atoms with Gasteiger partial charge in [0.05, 0.1) is 13.0 Å². The first-order valence-corrected chi connectivity index (χ1v) is 7.89. The van der Waals surface area contributed by atoms with Crippen LogP contribution >= 0.6 is 12.4 Å². The summed E-state index contributed by atoms with van der Waals surface area (Å²) in [5, 5.41) is 0. The molecule has 124 valence electrons. The Labute approximate surface area is 139 Å². The van der Waals surface area contributed by atoms with Crippen molar-refractivity contribution in [1.82, 2.24) is 4.90 Å². The Bertz CT molecular complexity index is 466. The van der Waals surface area contributed by atoms with E-state index < -0.39 is 0 Å². The minimum atomic E-state index is 0. The summed E-state index contributed by atoms with van der Waals surface area (Å²) in [6.07, 6.45) is 4.74. The first kappa shape index (κ1) is 18.8. The Morgan fingerprint density at radius 3 is 2.95 bits per heavy atom. The van der Waals surface area contributed by atoms with E-state index in [4.69, 9.17) is 10.5 Å². The van der Waals surface area contributed by atoms with Crippen LogP contribution < -0.4 is 10.5 Å². The van der Waals surface area contributed by atoms with Crippen LogP contribution in [0.15, 0.2) is 24.3 Å². The third kappa shape index (κ3) is 5.50. The predicted molar refractivity (Wildman–Crippen MR) is 91.6 cm³/mol. The van der Waals surface area contributed by atoms with E-state index in [0.29, 0.717) is 25.6 Å². The van der Waals surface area contributed by atoms with E-state index in [2.05, 4.69) is 0 Å². The van der Waals surface area contributed by atoms with E-state index in [1.165, 1.54) is 6.42 Å². The summed E-state index contributed by atoms with van der Waals surface area (Å²) in [6.45, 7) is 3.99. The van der Waals surface area contributed by atoms with Crippen molar-refractivity contribution in [2.24, 2.45) is 5.73 Å². The topological polar surface area (TPSA) is 55.6 Å². The quantitative estimate of drug-likeness (QED) is 0.874. The molecule has 2 rings (SSSR count). The molecule has 0 saturated carbocycles. The number of hydrogen-bond acceptors (Lipinski definition) is 3. The molecule has 1 aliphatic rings. The van der Waals surface area contributed by atoms with Crippen molar-refractivity contribution in [3.8, 4) is 5.75 Å². The maximum Gasteiger partial charge on any atom is 0.226 e. The molecule has 22 heavy (non-hydrogen) atoms. The van der Waals surface area contributed by atoms with Crippen molar-refractivity contribution in [2.45, 2.75) is 45.1 Å². The fraction of sp³-hybridized carbons (Fsp3) is 0.588. The smallest absolute Gasteiger partial charge is 0.226 e. The molecule has 0 spiro atoms. The van der Waals surface area contributed by atoms with Gasteiger partial charge in [-0.25, -0.2) is 0 Å². The molecular weight excluding hydrogens is 300 g/mol. The van der Waals surface area contributed by atoms with E-state index in [9.17, 15) is 4.79 Å². The van der Waals surface area contributed by atoms with E-state index >= 15 is 0 Å². The van der Waals surface area contributed by atoms with Crippen molar-refractivity contribution in [3.05, 3.63) is 29.8 Å². The fourth-order valence-electron chi connectivity index (χ4n) is 2.93.